The Morgan fingerprint density at radius 1 is 0.800 bits per heavy atom. The van der Waals surface area contributed by atoms with Gasteiger partial charge in [0.25, 0.3) is 0 Å². The van der Waals surface area contributed by atoms with Gasteiger partial charge in [-0.15, -0.1) is 0 Å². The van der Waals surface area contributed by atoms with Gasteiger partial charge in [-0.05, 0) is 0 Å². The fourth-order valence-corrected chi connectivity index (χ4v) is 14.1. The van der Waals surface area contributed by atoms with Crippen LogP contribution in [0.4, 0.5) is 5.00 Å². The summed E-state index contributed by atoms with van der Waals surface area (Å²) in [5, 5.41) is 1.15. The first-order valence-electron chi connectivity index (χ1n) is 6.91. The van der Waals surface area contributed by atoms with Gasteiger partial charge in [0.15, 0.2) is 0 Å². The van der Waals surface area contributed by atoms with E-state index in [0.717, 1.165) is 5.00 Å². The second-order valence-electron chi connectivity index (χ2n) is 7.10. The maximum atomic E-state index is 4.67. The Morgan fingerprint density at radius 3 is 1.85 bits per heavy atom. The second kappa shape index (κ2) is 6.42. The van der Waals surface area contributed by atoms with Crippen LogP contribution in [0.25, 0.3) is 0 Å². The van der Waals surface area contributed by atoms with E-state index >= 15 is 0 Å². The number of nitrogens with zero attached hydrogens (tertiary/aromatic N) is 1. The summed E-state index contributed by atoms with van der Waals surface area (Å²) in [7, 11) is 0. The van der Waals surface area contributed by atoms with Crippen molar-refractivity contribution in [2.75, 3.05) is 0 Å². The first kappa shape index (κ1) is 17.0. The van der Waals surface area contributed by atoms with Crippen LogP contribution < -0.4 is 5.79 Å². The molecule has 5 heteroatoms. The van der Waals surface area contributed by atoms with Crippen LogP contribution in [0.3, 0.4) is 0 Å². The molecule has 2 heterocycles. The van der Waals surface area contributed by atoms with Crippen molar-refractivity contribution in [1.29, 1.82) is 0 Å². The molecule has 0 N–H and O–H groups in total. The Labute approximate surface area is 138 Å². The number of thiophene rings is 2. The van der Waals surface area contributed by atoms with Crippen molar-refractivity contribution in [3.05, 3.63) is 29.1 Å². The van der Waals surface area contributed by atoms with Gasteiger partial charge in [0.1, 0.15) is 0 Å². The molecule has 0 bridgehead atoms. The summed E-state index contributed by atoms with van der Waals surface area (Å²) in [6.45, 7) is 0. The monoisotopic (exact) mass is 521 g/mol. The fourth-order valence-electron chi connectivity index (χ4n) is 1.75. The Hall–Kier alpha value is 0.667. The topological polar surface area (TPSA) is 12.4 Å². The molecule has 0 aliphatic heterocycles. The molecule has 0 saturated heterocycles. The van der Waals surface area contributed by atoms with Gasteiger partial charge >= 0.3 is 140 Å². The van der Waals surface area contributed by atoms with E-state index in [1.807, 2.05) is 28.9 Å². The standard InChI is InChI=1S/C9H5NS2.6CH3.2Sn/c1-3-8(11-5-1)7-10-9-4-2-6-12-9;;;;;;;;/h1-4,7H;6*1H3;;. The van der Waals surface area contributed by atoms with E-state index in [0.29, 0.717) is 0 Å². The molecule has 0 atom stereocenters. The molecule has 0 fully saturated rings. The molecule has 1 nitrogen and oxygen atoms in total. The molecule has 108 valence electrons. The molecular formula is C15H23NS2Sn2. The predicted molar refractivity (Wildman–Crippen MR) is 102 cm³/mol. The summed E-state index contributed by atoms with van der Waals surface area (Å²) in [5.41, 5.74) is 0. The Morgan fingerprint density at radius 2 is 1.35 bits per heavy atom. The average Bonchev–Trinajstić information content (AvgIpc) is 2.94. The van der Waals surface area contributed by atoms with Crippen LogP contribution in [0.2, 0.25) is 29.6 Å². The number of hydrogen-bond acceptors (Lipinski definition) is 3. The SMILES string of the molecule is [CH3][Sn]([CH3])([CH3])[c]1ccc(C=Nc2cc[c]([Sn]([CH3])([CH3])[CH3])s2)s1. The van der Waals surface area contributed by atoms with Gasteiger partial charge in [-0.25, -0.2) is 0 Å². The Bertz CT molecular complexity index is 558. The van der Waals surface area contributed by atoms with Gasteiger partial charge in [0.05, 0.1) is 0 Å². The molecule has 2 aromatic heterocycles. The fraction of sp³-hybridized carbons (Fsp3) is 0.400. The van der Waals surface area contributed by atoms with Crippen LogP contribution in [-0.4, -0.2) is 43.0 Å². The zero-order valence-electron chi connectivity index (χ0n) is 13.2. The van der Waals surface area contributed by atoms with E-state index in [9.17, 15) is 0 Å². The van der Waals surface area contributed by atoms with E-state index in [4.69, 9.17) is 0 Å². The molecule has 0 unspecified atom stereocenters. The van der Waals surface area contributed by atoms with Crippen molar-refractivity contribution < 1.29 is 0 Å². The summed E-state index contributed by atoms with van der Waals surface area (Å²) in [6, 6.07) is 9.01. The third-order valence-electron chi connectivity index (χ3n) is 3.02. The van der Waals surface area contributed by atoms with E-state index in [1.165, 1.54) is 4.88 Å². The van der Waals surface area contributed by atoms with Crippen molar-refractivity contribution in [1.82, 2.24) is 0 Å². The van der Waals surface area contributed by atoms with Crippen LogP contribution >= 0.6 is 22.7 Å². The molecule has 2 aromatic rings. The third kappa shape index (κ3) is 4.58. The molecule has 0 aliphatic carbocycles. The van der Waals surface area contributed by atoms with Crippen LogP contribution in [0.1, 0.15) is 4.88 Å². The minimum atomic E-state index is -1.90. The quantitative estimate of drug-likeness (QED) is 0.413. The van der Waals surface area contributed by atoms with E-state index in [2.05, 4.69) is 58.9 Å². The minimum absolute atomic E-state index is 1.15. The van der Waals surface area contributed by atoms with Crippen molar-refractivity contribution in [3.8, 4) is 0 Å². The average molecular weight is 519 g/mol. The summed E-state index contributed by atoms with van der Waals surface area (Å²) in [5.74, 6) is 0. The molecule has 0 radical (unpaired) electrons. The molecule has 0 aromatic carbocycles. The zero-order chi connectivity index (χ0) is 15.0. The summed E-state index contributed by atoms with van der Waals surface area (Å²) in [6.07, 6.45) is 2.04. The second-order valence-corrected chi connectivity index (χ2v) is 40.1. The maximum absolute atomic E-state index is 4.67. The van der Waals surface area contributed by atoms with Gasteiger partial charge in [-0.3, -0.25) is 0 Å². The van der Waals surface area contributed by atoms with E-state index in [1.54, 1.807) is 5.79 Å². The number of rotatable bonds is 4. The molecule has 0 saturated carbocycles. The molecule has 0 spiro atoms. The van der Waals surface area contributed by atoms with E-state index < -0.39 is 36.8 Å². The van der Waals surface area contributed by atoms with Gasteiger partial charge < -0.3 is 0 Å². The van der Waals surface area contributed by atoms with Crippen LogP contribution in [0.5, 0.6) is 0 Å². The van der Waals surface area contributed by atoms with Gasteiger partial charge in [0.2, 0.25) is 0 Å². The predicted octanol–water partition coefficient (Wildman–Crippen LogP) is 4.65. The van der Waals surface area contributed by atoms with Gasteiger partial charge in [-0.2, -0.15) is 0 Å². The van der Waals surface area contributed by atoms with Gasteiger partial charge in [-0.1, -0.05) is 0 Å². The molecule has 0 amide bonds. The van der Waals surface area contributed by atoms with Crippen LogP contribution in [-0.2, 0) is 0 Å². The van der Waals surface area contributed by atoms with Crippen molar-refractivity contribution >= 4 is 76.4 Å². The van der Waals surface area contributed by atoms with Crippen molar-refractivity contribution in [2.45, 2.75) is 29.6 Å². The Balaban J connectivity index is 2.14. The molecule has 20 heavy (non-hydrogen) atoms. The van der Waals surface area contributed by atoms with Crippen molar-refractivity contribution in [3.63, 3.8) is 0 Å². The summed E-state index contributed by atoms with van der Waals surface area (Å²) >= 11 is 0.0211. The molecular weight excluding hydrogens is 496 g/mol. The number of aliphatic imine (C=N–C) groups is 1. The van der Waals surface area contributed by atoms with Gasteiger partial charge in [0, 0.05) is 0 Å². The van der Waals surface area contributed by atoms with E-state index in [-0.39, 0.29) is 0 Å². The first-order valence-corrected chi connectivity index (χ1v) is 28.5. The number of hydrogen-bond donors (Lipinski definition) is 0. The third-order valence-corrected chi connectivity index (χ3v) is 24.0. The summed E-state index contributed by atoms with van der Waals surface area (Å²) in [4.78, 5) is 20.7. The van der Waals surface area contributed by atoms with Crippen molar-refractivity contribution in [2.24, 2.45) is 4.99 Å². The zero-order valence-corrected chi connectivity index (χ0v) is 20.5. The van der Waals surface area contributed by atoms with Crippen LogP contribution in [0.15, 0.2) is 29.3 Å². The Kier molecular flexibility index (Phi) is 5.47. The normalized spacial score (nSPS) is 13.3. The molecule has 0 aliphatic rings. The molecule has 2 rings (SSSR count). The summed E-state index contributed by atoms with van der Waals surface area (Å²) < 4.78 is 3.22. The van der Waals surface area contributed by atoms with Crippen LogP contribution in [0, 0.1) is 0 Å². The first-order chi connectivity index (χ1) is 9.16.